The van der Waals surface area contributed by atoms with Crippen LogP contribution in [0.4, 0.5) is 0 Å². The van der Waals surface area contributed by atoms with Gasteiger partial charge in [0.2, 0.25) is 5.91 Å². The number of nitrogens with one attached hydrogen (secondary N) is 1. The van der Waals surface area contributed by atoms with Crippen molar-refractivity contribution in [2.24, 2.45) is 0 Å². The monoisotopic (exact) mass is 446 g/mol. The Bertz CT molecular complexity index is 1110. The highest BCUT2D eigenvalue weighted by Gasteiger charge is 2.27. The fraction of sp³-hybridized carbons (Fsp3) is 0.423. The van der Waals surface area contributed by atoms with Crippen LogP contribution in [-0.4, -0.2) is 51.9 Å². The first-order valence-electron chi connectivity index (χ1n) is 11.8. The van der Waals surface area contributed by atoms with Crippen molar-refractivity contribution >= 4 is 17.5 Å². The summed E-state index contributed by atoms with van der Waals surface area (Å²) in [6.45, 7) is 2.83. The summed E-state index contributed by atoms with van der Waals surface area (Å²) in [4.78, 5) is 31.4. The Labute approximate surface area is 193 Å². The molecule has 0 bridgehead atoms. The van der Waals surface area contributed by atoms with Gasteiger partial charge in [0.1, 0.15) is 5.65 Å². The van der Waals surface area contributed by atoms with Crippen molar-refractivity contribution in [3.05, 3.63) is 71.7 Å². The summed E-state index contributed by atoms with van der Waals surface area (Å²) in [7, 11) is 0. The van der Waals surface area contributed by atoms with Crippen molar-refractivity contribution in [2.75, 3.05) is 19.7 Å². The van der Waals surface area contributed by atoms with Crippen molar-refractivity contribution in [3.8, 4) is 0 Å². The number of hydrogen-bond acceptors (Lipinski definition) is 4. The standard InChI is InChI=1S/C26H30N4O3/c31-25(17-23-2-1-15-33-23)30-12-8-21(9-13-30)20-3-5-22(6-4-20)26(32)28-18-19-7-11-29-14-10-27-24(29)16-19/h3-7,10-11,14,16,21,23H,1-2,8-9,12-13,15,17-18H2,(H,28,32). The Morgan fingerprint density at radius 3 is 2.64 bits per heavy atom. The molecule has 1 N–H and O–H groups in total. The van der Waals surface area contributed by atoms with Gasteiger partial charge in [0.15, 0.2) is 0 Å². The number of fused-ring (bicyclic) bond motifs is 1. The highest BCUT2D eigenvalue weighted by atomic mass is 16.5. The number of rotatable bonds is 6. The van der Waals surface area contributed by atoms with Gasteiger partial charge >= 0.3 is 0 Å². The predicted molar refractivity (Wildman–Crippen MR) is 125 cm³/mol. The summed E-state index contributed by atoms with van der Waals surface area (Å²) in [6, 6.07) is 11.9. The molecule has 1 atom stereocenters. The number of carbonyl (C=O) groups is 2. The van der Waals surface area contributed by atoms with Crippen molar-refractivity contribution < 1.29 is 14.3 Å². The maximum Gasteiger partial charge on any atom is 0.251 e. The van der Waals surface area contributed by atoms with Crippen LogP contribution in [0.2, 0.25) is 0 Å². The van der Waals surface area contributed by atoms with E-state index in [4.69, 9.17) is 4.74 Å². The largest absolute Gasteiger partial charge is 0.378 e. The molecule has 172 valence electrons. The molecule has 0 spiro atoms. The fourth-order valence-corrected chi connectivity index (χ4v) is 4.84. The van der Waals surface area contributed by atoms with Crippen LogP contribution in [0.25, 0.3) is 5.65 Å². The number of piperidine rings is 1. The molecule has 5 rings (SSSR count). The smallest absolute Gasteiger partial charge is 0.251 e. The highest BCUT2D eigenvalue weighted by molar-refractivity contribution is 5.94. The molecule has 0 saturated carbocycles. The van der Waals surface area contributed by atoms with E-state index in [0.717, 1.165) is 56.6 Å². The van der Waals surface area contributed by atoms with E-state index >= 15 is 0 Å². The van der Waals surface area contributed by atoms with Gasteiger partial charge < -0.3 is 19.4 Å². The van der Waals surface area contributed by atoms with Crippen LogP contribution >= 0.6 is 0 Å². The number of hydrogen-bond donors (Lipinski definition) is 1. The predicted octanol–water partition coefficient (Wildman–Crippen LogP) is 3.54. The zero-order valence-corrected chi connectivity index (χ0v) is 18.8. The third-order valence-electron chi connectivity index (χ3n) is 6.83. The number of carbonyl (C=O) groups excluding carboxylic acids is 2. The van der Waals surface area contributed by atoms with Crippen LogP contribution in [0.3, 0.4) is 0 Å². The van der Waals surface area contributed by atoms with Gasteiger partial charge in [0.25, 0.3) is 5.91 Å². The second kappa shape index (κ2) is 9.75. The van der Waals surface area contributed by atoms with Gasteiger partial charge in [-0.15, -0.1) is 0 Å². The average Bonchev–Trinajstić information content (AvgIpc) is 3.54. The quantitative estimate of drug-likeness (QED) is 0.628. The zero-order valence-electron chi connectivity index (χ0n) is 18.8. The lowest BCUT2D eigenvalue weighted by atomic mass is 9.88. The summed E-state index contributed by atoms with van der Waals surface area (Å²) in [5.41, 5.74) is 3.78. The minimum atomic E-state index is -0.0840. The van der Waals surface area contributed by atoms with Gasteiger partial charge in [0.05, 0.1) is 12.5 Å². The molecule has 2 amide bonds. The Morgan fingerprint density at radius 1 is 1.06 bits per heavy atom. The van der Waals surface area contributed by atoms with Gasteiger partial charge in [-0.05, 0) is 67.0 Å². The first-order chi connectivity index (χ1) is 16.2. The summed E-state index contributed by atoms with van der Waals surface area (Å²) in [5.74, 6) is 0.564. The first kappa shape index (κ1) is 21.6. The van der Waals surface area contributed by atoms with Crippen molar-refractivity contribution in [1.82, 2.24) is 19.6 Å². The summed E-state index contributed by atoms with van der Waals surface area (Å²) in [6.07, 6.45) is 10.2. The van der Waals surface area contributed by atoms with Crippen molar-refractivity contribution in [1.29, 1.82) is 0 Å². The molecule has 0 radical (unpaired) electrons. The van der Waals surface area contributed by atoms with Crippen LogP contribution in [0.15, 0.2) is 55.0 Å². The first-order valence-corrected chi connectivity index (χ1v) is 11.8. The summed E-state index contributed by atoms with van der Waals surface area (Å²) >= 11 is 0. The molecule has 2 aliphatic heterocycles. The van der Waals surface area contributed by atoms with E-state index in [1.807, 2.05) is 46.0 Å². The Balaban J connectivity index is 1.11. The van der Waals surface area contributed by atoms with E-state index in [9.17, 15) is 9.59 Å². The lowest BCUT2D eigenvalue weighted by Gasteiger charge is -2.33. The van der Waals surface area contributed by atoms with E-state index in [-0.39, 0.29) is 17.9 Å². The van der Waals surface area contributed by atoms with Gasteiger partial charge in [-0.1, -0.05) is 12.1 Å². The molecule has 1 aromatic carbocycles. The molecule has 0 aliphatic carbocycles. The number of imidazole rings is 1. The number of benzene rings is 1. The lowest BCUT2D eigenvalue weighted by molar-refractivity contribution is -0.134. The van der Waals surface area contributed by atoms with Crippen molar-refractivity contribution in [3.63, 3.8) is 0 Å². The maximum absolute atomic E-state index is 12.6. The third kappa shape index (κ3) is 5.09. The molecular weight excluding hydrogens is 416 g/mol. The molecular formula is C26H30N4O3. The van der Waals surface area contributed by atoms with Gasteiger partial charge in [-0.2, -0.15) is 0 Å². The number of ether oxygens (including phenoxy) is 1. The van der Waals surface area contributed by atoms with Crippen LogP contribution in [-0.2, 0) is 16.1 Å². The SMILES string of the molecule is O=C(NCc1ccn2ccnc2c1)c1ccc(C2CCN(C(=O)CC3CCCO3)CC2)cc1. The molecule has 2 aliphatic rings. The molecule has 2 fully saturated rings. The van der Waals surface area contributed by atoms with E-state index < -0.39 is 0 Å². The van der Waals surface area contributed by atoms with E-state index in [1.165, 1.54) is 5.56 Å². The fourth-order valence-electron chi connectivity index (χ4n) is 4.84. The normalized spacial score (nSPS) is 19.2. The zero-order chi connectivity index (χ0) is 22.6. The van der Waals surface area contributed by atoms with E-state index in [0.29, 0.717) is 24.4 Å². The Kier molecular flexibility index (Phi) is 6.39. The number of nitrogens with zero attached hydrogens (tertiary/aromatic N) is 3. The Morgan fingerprint density at radius 2 is 1.88 bits per heavy atom. The summed E-state index contributed by atoms with van der Waals surface area (Å²) < 4.78 is 7.55. The second-order valence-electron chi connectivity index (χ2n) is 9.03. The summed E-state index contributed by atoms with van der Waals surface area (Å²) in [5, 5.41) is 2.99. The highest BCUT2D eigenvalue weighted by Crippen LogP contribution is 2.29. The van der Waals surface area contributed by atoms with Crippen LogP contribution in [0.5, 0.6) is 0 Å². The van der Waals surface area contributed by atoms with Gasteiger partial charge in [-0.25, -0.2) is 4.98 Å². The average molecular weight is 447 g/mol. The minimum absolute atomic E-state index is 0.0840. The lowest BCUT2D eigenvalue weighted by Crippen LogP contribution is -2.39. The Hall–Kier alpha value is -3.19. The van der Waals surface area contributed by atoms with Crippen LogP contribution in [0.1, 0.15) is 59.5 Å². The number of pyridine rings is 1. The van der Waals surface area contributed by atoms with Crippen LogP contribution in [0, 0.1) is 0 Å². The van der Waals surface area contributed by atoms with Gasteiger partial charge in [-0.3, -0.25) is 9.59 Å². The third-order valence-corrected chi connectivity index (χ3v) is 6.83. The molecule has 7 heteroatoms. The molecule has 33 heavy (non-hydrogen) atoms. The van der Waals surface area contributed by atoms with Gasteiger partial charge in [0, 0.05) is 50.4 Å². The second-order valence-corrected chi connectivity index (χ2v) is 9.03. The van der Waals surface area contributed by atoms with Crippen LogP contribution < -0.4 is 5.32 Å². The number of aromatic nitrogens is 2. The molecule has 2 saturated heterocycles. The topological polar surface area (TPSA) is 75.9 Å². The van der Waals surface area contributed by atoms with E-state index in [2.05, 4.69) is 22.4 Å². The molecule has 7 nitrogen and oxygen atoms in total. The number of amides is 2. The molecule has 3 aromatic rings. The molecule has 4 heterocycles. The number of likely N-dealkylation sites (tertiary alicyclic amines) is 1. The molecule has 1 unspecified atom stereocenters. The minimum Gasteiger partial charge on any atom is -0.378 e. The van der Waals surface area contributed by atoms with E-state index in [1.54, 1.807) is 6.20 Å². The molecule has 2 aromatic heterocycles. The van der Waals surface area contributed by atoms with Crippen molar-refractivity contribution in [2.45, 2.75) is 50.7 Å². The maximum atomic E-state index is 12.6.